The fraction of sp³-hybridized carbons (Fsp3) is 0.440. The Hall–Kier alpha value is -2.97. The number of ether oxygens (including phenoxy) is 3. The van der Waals surface area contributed by atoms with Gasteiger partial charge in [-0.2, -0.15) is 18.4 Å². The van der Waals surface area contributed by atoms with E-state index in [0.29, 0.717) is 50.9 Å². The van der Waals surface area contributed by atoms with Gasteiger partial charge in [-0.1, -0.05) is 24.3 Å². The van der Waals surface area contributed by atoms with Gasteiger partial charge in [-0.3, -0.25) is 4.79 Å². The second-order valence-corrected chi connectivity index (χ2v) is 8.63. The Bertz CT molecular complexity index is 1090. The SMILES string of the molecule is N#Cc1ccc(NC(=O)C(O)(Cc2ccc(C3OCCO3)cc2)C2CCOCC2)cc1C(F)(F)F. The average Bonchev–Trinajstić information content (AvgIpc) is 3.39. The topological polar surface area (TPSA) is 101 Å². The Labute approximate surface area is 200 Å². The Morgan fingerprint density at radius 1 is 1.06 bits per heavy atom. The molecule has 10 heteroatoms. The lowest BCUT2D eigenvalue weighted by Gasteiger charge is -2.37. The van der Waals surface area contributed by atoms with Gasteiger partial charge in [0.2, 0.25) is 0 Å². The Morgan fingerprint density at radius 2 is 1.71 bits per heavy atom. The minimum absolute atomic E-state index is 0.0431. The van der Waals surface area contributed by atoms with Crippen molar-refractivity contribution < 1.29 is 37.3 Å². The Morgan fingerprint density at radius 3 is 2.31 bits per heavy atom. The monoisotopic (exact) mass is 490 g/mol. The number of alkyl halides is 3. The molecule has 0 radical (unpaired) electrons. The van der Waals surface area contributed by atoms with E-state index in [9.17, 15) is 23.1 Å². The molecule has 0 saturated carbocycles. The molecule has 2 aromatic carbocycles. The molecule has 186 valence electrons. The molecule has 4 rings (SSSR count). The number of anilines is 1. The van der Waals surface area contributed by atoms with Crippen molar-refractivity contribution in [2.75, 3.05) is 31.7 Å². The summed E-state index contributed by atoms with van der Waals surface area (Å²) in [5, 5.41) is 23.1. The minimum Gasteiger partial charge on any atom is -0.381 e. The number of nitrogens with one attached hydrogen (secondary N) is 1. The summed E-state index contributed by atoms with van der Waals surface area (Å²) in [7, 11) is 0. The lowest BCUT2D eigenvalue weighted by atomic mass is 9.77. The van der Waals surface area contributed by atoms with Crippen molar-refractivity contribution in [1.82, 2.24) is 0 Å². The summed E-state index contributed by atoms with van der Waals surface area (Å²) in [5.74, 6) is -1.27. The summed E-state index contributed by atoms with van der Waals surface area (Å²) in [6.45, 7) is 1.73. The molecule has 35 heavy (non-hydrogen) atoms. The Balaban J connectivity index is 1.58. The van der Waals surface area contributed by atoms with Gasteiger partial charge in [0.05, 0.1) is 30.4 Å². The maximum absolute atomic E-state index is 13.4. The summed E-state index contributed by atoms with van der Waals surface area (Å²) in [6, 6.07) is 11.5. The molecule has 2 N–H and O–H groups in total. The second kappa shape index (κ2) is 10.3. The highest BCUT2D eigenvalue weighted by molar-refractivity contribution is 5.97. The molecule has 2 heterocycles. The van der Waals surface area contributed by atoms with E-state index < -0.39 is 41.0 Å². The molecule has 7 nitrogen and oxygen atoms in total. The second-order valence-electron chi connectivity index (χ2n) is 8.63. The first-order chi connectivity index (χ1) is 16.7. The van der Waals surface area contributed by atoms with Crippen molar-refractivity contribution in [3.8, 4) is 6.07 Å². The highest BCUT2D eigenvalue weighted by atomic mass is 19.4. The standard InChI is InChI=1S/C25H25F3N2O5/c26-25(27,28)21-13-20(6-5-18(21)15-29)30-23(31)24(32,19-7-9-33-10-8-19)14-16-1-3-17(4-2-16)22-34-11-12-35-22/h1-6,13,19,22,32H,7-12,14H2,(H,30,31). The molecule has 1 unspecified atom stereocenters. The van der Waals surface area contributed by atoms with E-state index in [-0.39, 0.29) is 12.1 Å². The number of carbonyl (C=O) groups excluding carboxylic acids is 1. The van der Waals surface area contributed by atoms with E-state index >= 15 is 0 Å². The third-order valence-electron chi connectivity index (χ3n) is 6.34. The maximum atomic E-state index is 13.4. The van der Waals surface area contributed by atoms with Crippen LogP contribution in [-0.4, -0.2) is 43.0 Å². The van der Waals surface area contributed by atoms with Gasteiger partial charge in [0.15, 0.2) is 6.29 Å². The van der Waals surface area contributed by atoms with E-state index in [1.54, 1.807) is 24.3 Å². The third kappa shape index (κ3) is 5.65. The summed E-state index contributed by atoms with van der Waals surface area (Å²) in [4.78, 5) is 13.3. The molecule has 0 spiro atoms. The Kier molecular flexibility index (Phi) is 7.42. The summed E-state index contributed by atoms with van der Waals surface area (Å²) in [6.07, 6.45) is -4.42. The smallest absolute Gasteiger partial charge is 0.381 e. The number of nitriles is 1. The first-order valence-corrected chi connectivity index (χ1v) is 11.3. The molecule has 2 fully saturated rings. The molecule has 2 aliphatic heterocycles. The largest absolute Gasteiger partial charge is 0.417 e. The predicted molar refractivity (Wildman–Crippen MR) is 118 cm³/mol. The lowest BCUT2D eigenvalue weighted by molar-refractivity contribution is -0.144. The lowest BCUT2D eigenvalue weighted by Crippen LogP contribution is -2.52. The number of rotatable bonds is 6. The maximum Gasteiger partial charge on any atom is 0.417 e. The number of aliphatic hydroxyl groups is 1. The minimum atomic E-state index is -4.77. The van der Waals surface area contributed by atoms with E-state index in [0.717, 1.165) is 11.6 Å². The highest BCUT2D eigenvalue weighted by Gasteiger charge is 2.45. The van der Waals surface area contributed by atoms with Gasteiger partial charge in [0, 0.05) is 36.8 Å². The van der Waals surface area contributed by atoms with Crippen LogP contribution in [0.2, 0.25) is 0 Å². The van der Waals surface area contributed by atoms with Gasteiger partial charge >= 0.3 is 6.18 Å². The molecular formula is C25H25F3N2O5. The molecule has 0 bridgehead atoms. The van der Waals surface area contributed by atoms with Crippen molar-refractivity contribution >= 4 is 11.6 Å². The van der Waals surface area contributed by atoms with Crippen LogP contribution < -0.4 is 5.32 Å². The fourth-order valence-corrected chi connectivity index (χ4v) is 4.43. The molecular weight excluding hydrogens is 465 g/mol. The zero-order valence-electron chi connectivity index (χ0n) is 18.8. The van der Waals surface area contributed by atoms with Crippen molar-refractivity contribution in [1.29, 1.82) is 5.26 Å². The van der Waals surface area contributed by atoms with Crippen LogP contribution in [0.1, 0.15) is 41.4 Å². The molecule has 1 amide bonds. The molecule has 1 atom stereocenters. The van der Waals surface area contributed by atoms with Crippen LogP contribution in [-0.2, 0) is 31.6 Å². The van der Waals surface area contributed by atoms with Gasteiger partial charge < -0.3 is 24.6 Å². The summed E-state index contributed by atoms with van der Waals surface area (Å²) < 4.78 is 56.4. The van der Waals surface area contributed by atoms with E-state index in [1.807, 2.05) is 0 Å². The zero-order chi connectivity index (χ0) is 25.1. The van der Waals surface area contributed by atoms with Gasteiger partial charge in [-0.05, 0) is 36.6 Å². The highest BCUT2D eigenvalue weighted by Crippen LogP contribution is 2.36. The van der Waals surface area contributed by atoms with Gasteiger partial charge in [-0.25, -0.2) is 0 Å². The van der Waals surface area contributed by atoms with Crippen LogP contribution in [0.3, 0.4) is 0 Å². The van der Waals surface area contributed by atoms with Crippen LogP contribution in [0.25, 0.3) is 0 Å². The third-order valence-corrected chi connectivity index (χ3v) is 6.34. The normalized spacial score (nSPS) is 19.2. The molecule has 2 aliphatic rings. The predicted octanol–water partition coefficient (Wildman–Crippen LogP) is 3.96. The molecule has 0 aliphatic carbocycles. The van der Waals surface area contributed by atoms with Crippen molar-refractivity contribution in [2.24, 2.45) is 5.92 Å². The van der Waals surface area contributed by atoms with Crippen LogP contribution in [0.4, 0.5) is 18.9 Å². The number of amides is 1. The molecule has 0 aromatic heterocycles. The first kappa shape index (κ1) is 25.1. The van der Waals surface area contributed by atoms with Gasteiger partial charge in [0.1, 0.15) is 5.60 Å². The van der Waals surface area contributed by atoms with Gasteiger partial charge in [-0.15, -0.1) is 0 Å². The summed E-state index contributed by atoms with van der Waals surface area (Å²) in [5.41, 5.74) is -2.27. The quantitative estimate of drug-likeness (QED) is 0.636. The number of benzene rings is 2. The van der Waals surface area contributed by atoms with E-state index in [4.69, 9.17) is 19.5 Å². The molecule has 2 aromatic rings. The van der Waals surface area contributed by atoms with Crippen molar-refractivity contribution in [2.45, 2.75) is 37.3 Å². The van der Waals surface area contributed by atoms with Crippen LogP contribution in [0.5, 0.6) is 0 Å². The van der Waals surface area contributed by atoms with Crippen LogP contribution in [0.15, 0.2) is 42.5 Å². The number of hydrogen-bond acceptors (Lipinski definition) is 6. The van der Waals surface area contributed by atoms with Crippen molar-refractivity contribution in [3.05, 3.63) is 64.7 Å². The first-order valence-electron chi connectivity index (χ1n) is 11.3. The van der Waals surface area contributed by atoms with Gasteiger partial charge in [0.25, 0.3) is 5.91 Å². The van der Waals surface area contributed by atoms with E-state index in [1.165, 1.54) is 12.1 Å². The molecule has 2 saturated heterocycles. The van der Waals surface area contributed by atoms with Crippen LogP contribution >= 0.6 is 0 Å². The van der Waals surface area contributed by atoms with E-state index in [2.05, 4.69) is 5.32 Å². The number of hydrogen-bond donors (Lipinski definition) is 2. The summed E-state index contributed by atoms with van der Waals surface area (Å²) >= 11 is 0. The zero-order valence-corrected chi connectivity index (χ0v) is 18.8. The number of halogens is 3. The van der Waals surface area contributed by atoms with Crippen LogP contribution in [0, 0.1) is 17.2 Å². The fourth-order valence-electron chi connectivity index (χ4n) is 4.43. The average molecular weight is 490 g/mol. The number of carbonyl (C=O) groups is 1. The van der Waals surface area contributed by atoms with Crippen molar-refractivity contribution in [3.63, 3.8) is 0 Å². The number of nitrogens with zero attached hydrogens (tertiary/aromatic N) is 1.